The first-order valence-electron chi connectivity index (χ1n) is 10.3. The minimum Gasteiger partial charge on any atom is -0.491 e. The summed E-state index contributed by atoms with van der Waals surface area (Å²) in [5.41, 5.74) is 2.07. The molecular formula is C24H32ClIO5. The minimum atomic E-state index is -0.682. The third-order valence-electron chi connectivity index (χ3n) is 4.90. The van der Waals surface area contributed by atoms with E-state index in [1.807, 2.05) is 50.2 Å². The molecule has 0 heterocycles. The highest BCUT2D eigenvalue weighted by molar-refractivity contribution is 14.1. The van der Waals surface area contributed by atoms with Crippen LogP contribution in [0.25, 0.3) is 0 Å². The van der Waals surface area contributed by atoms with Crippen LogP contribution in [0.4, 0.5) is 0 Å². The van der Waals surface area contributed by atoms with Crippen molar-refractivity contribution < 1.29 is 24.4 Å². The molecule has 0 aliphatic carbocycles. The molecule has 0 aliphatic rings. The topological polar surface area (TPSA) is 68.2 Å². The van der Waals surface area contributed by atoms with Crippen LogP contribution in [0, 0.1) is 3.57 Å². The fourth-order valence-electron chi connectivity index (χ4n) is 2.92. The van der Waals surface area contributed by atoms with Crippen LogP contribution in [0.2, 0.25) is 0 Å². The van der Waals surface area contributed by atoms with Crippen LogP contribution in [-0.2, 0) is 10.2 Å². The molecule has 172 valence electrons. The molecule has 2 atom stereocenters. The molecule has 5 nitrogen and oxygen atoms in total. The summed E-state index contributed by atoms with van der Waals surface area (Å²) in [6.07, 6.45) is -1.26. The Balaban J connectivity index is 2.02. The van der Waals surface area contributed by atoms with Gasteiger partial charge in [-0.2, -0.15) is 0 Å². The monoisotopic (exact) mass is 562 g/mol. The highest BCUT2D eigenvalue weighted by Crippen LogP contribution is 2.35. The van der Waals surface area contributed by atoms with Crippen molar-refractivity contribution in [3.8, 4) is 11.5 Å². The van der Waals surface area contributed by atoms with Crippen LogP contribution < -0.4 is 9.47 Å². The molecule has 0 saturated carbocycles. The molecule has 0 radical (unpaired) electrons. The molecule has 2 aromatic rings. The first-order chi connectivity index (χ1) is 14.6. The Hall–Kier alpha value is -1.06. The summed E-state index contributed by atoms with van der Waals surface area (Å²) in [5.74, 6) is 1.58. The lowest BCUT2D eigenvalue weighted by molar-refractivity contribution is -0.0122. The number of halogens is 2. The maximum Gasteiger partial charge on any atom is 0.132 e. The fourth-order valence-corrected chi connectivity index (χ4v) is 3.68. The average Bonchev–Trinajstić information content (AvgIpc) is 2.75. The maximum atomic E-state index is 9.94. The summed E-state index contributed by atoms with van der Waals surface area (Å²) in [4.78, 5) is 0. The normalized spacial score (nSPS) is 13.8. The molecule has 0 saturated heterocycles. The number of benzene rings is 2. The van der Waals surface area contributed by atoms with Crippen LogP contribution in [-0.4, -0.2) is 54.2 Å². The molecule has 0 amide bonds. The van der Waals surface area contributed by atoms with Crippen molar-refractivity contribution in [3.05, 3.63) is 57.2 Å². The van der Waals surface area contributed by atoms with Gasteiger partial charge < -0.3 is 24.4 Å². The lowest BCUT2D eigenvalue weighted by atomic mass is 9.78. The summed E-state index contributed by atoms with van der Waals surface area (Å²) >= 11 is 7.87. The molecule has 2 rings (SSSR count). The van der Waals surface area contributed by atoms with E-state index in [0.717, 1.165) is 20.4 Å². The molecule has 0 fully saturated rings. The van der Waals surface area contributed by atoms with E-state index in [-0.39, 0.29) is 37.2 Å². The summed E-state index contributed by atoms with van der Waals surface area (Å²) in [5, 5.41) is 19.5. The van der Waals surface area contributed by atoms with Gasteiger partial charge in [-0.05, 0) is 71.8 Å². The van der Waals surface area contributed by atoms with E-state index in [1.165, 1.54) is 0 Å². The van der Waals surface area contributed by atoms with E-state index < -0.39 is 12.2 Å². The molecule has 0 spiro atoms. The second-order valence-electron chi connectivity index (χ2n) is 8.26. The predicted octanol–water partition coefficient (Wildman–Crippen LogP) is 4.76. The van der Waals surface area contributed by atoms with Gasteiger partial charge in [-0.15, -0.1) is 11.6 Å². The van der Waals surface area contributed by atoms with Gasteiger partial charge in [-0.25, -0.2) is 0 Å². The zero-order valence-corrected chi connectivity index (χ0v) is 21.4. The van der Waals surface area contributed by atoms with Crippen molar-refractivity contribution in [1.29, 1.82) is 0 Å². The summed E-state index contributed by atoms with van der Waals surface area (Å²) in [6, 6.07) is 14.0. The lowest BCUT2D eigenvalue weighted by Crippen LogP contribution is -2.25. The Labute approximate surface area is 203 Å². The van der Waals surface area contributed by atoms with Crippen LogP contribution in [0.5, 0.6) is 11.5 Å². The quantitative estimate of drug-likeness (QED) is 0.288. The second kappa shape index (κ2) is 12.3. The smallest absolute Gasteiger partial charge is 0.132 e. The number of ether oxygens (including phenoxy) is 3. The highest BCUT2D eigenvalue weighted by atomic mass is 127. The molecule has 31 heavy (non-hydrogen) atoms. The lowest BCUT2D eigenvalue weighted by Gasteiger charge is -2.27. The molecular weight excluding hydrogens is 531 g/mol. The molecule has 0 aromatic heterocycles. The fraction of sp³-hybridized carbons (Fsp3) is 0.500. The van der Waals surface area contributed by atoms with Crippen LogP contribution in [0.15, 0.2) is 42.5 Å². The predicted molar refractivity (Wildman–Crippen MR) is 133 cm³/mol. The van der Waals surface area contributed by atoms with E-state index in [0.29, 0.717) is 5.75 Å². The molecule has 0 aliphatic heterocycles. The molecule has 2 N–H and O–H groups in total. The van der Waals surface area contributed by atoms with Gasteiger partial charge in [0, 0.05) is 5.41 Å². The van der Waals surface area contributed by atoms with Gasteiger partial charge in [-0.1, -0.05) is 32.0 Å². The first kappa shape index (κ1) is 26.2. The van der Waals surface area contributed by atoms with E-state index in [1.54, 1.807) is 0 Å². The number of hydrogen-bond donors (Lipinski definition) is 2. The van der Waals surface area contributed by atoms with Crippen molar-refractivity contribution in [1.82, 2.24) is 0 Å². The standard InChI is InChI=1S/C24H32ClIO5/c1-16(2)29-14-20(28)15-30-21-8-5-17(6-9-21)24(3,4)18-7-10-23(22(26)11-18)31-13-19(27)12-25/h5-11,16,19-20,27-28H,12-15H2,1-4H3. The van der Waals surface area contributed by atoms with Gasteiger partial charge in [0.1, 0.15) is 36.9 Å². The SMILES string of the molecule is CC(C)OCC(O)COc1ccc(C(C)(C)c2ccc(OCC(O)CCl)c(I)c2)cc1. The van der Waals surface area contributed by atoms with E-state index in [2.05, 4.69) is 42.5 Å². The van der Waals surface area contributed by atoms with Gasteiger partial charge in [0.15, 0.2) is 0 Å². The number of aliphatic hydroxyl groups excluding tert-OH is 2. The maximum absolute atomic E-state index is 9.94. The molecule has 0 bridgehead atoms. The van der Waals surface area contributed by atoms with Crippen molar-refractivity contribution >= 4 is 34.2 Å². The molecule has 2 unspecified atom stereocenters. The third-order valence-corrected chi connectivity index (χ3v) is 6.10. The Morgan fingerprint density at radius 1 is 0.903 bits per heavy atom. The van der Waals surface area contributed by atoms with Gasteiger partial charge in [0.2, 0.25) is 0 Å². The Bertz CT molecular complexity index is 810. The van der Waals surface area contributed by atoms with Gasteiger partial charge in [-0.3, -0.25) is 0 Å². The second-order valence-corrected chi connectivity index (χ2v) is 9.73. The van der Waals surface area contributed by atoms with Crippen molar-refractivity contribution in [2.24, 2.45) is 0 Å². The Morgan fingerprint density at radius 2 is 1.52 bits per heavy atom. The Morgan fingerprint density at radius 3 is 2.10 bits per heavy atom. The minimum absolute atomic E-state index is 0.0806. The summed E-state index contributed by atoms with van der Waals surface area (Å²) in [7, 11) is 0. The highest BCUT2D eigenvalue weighted by Gasteiger charge is 2.24. The van der Waals surface area contributed by atoms with Gasteiger partial charge in [0.05, 0.1) is 22.2 Å². The van der Waals surface area contributed by atoms with Crippen molar-refractivity contribution in [2.45, 2.75) is 51.4 Å². The van der Waals surface area contributed by atoms with Crippen LogP contribution in [0.1, 0.15) is 38.8 Å². The zero-order valence-electron chi connectivity index (χ0n) is 18.5. The summed E-state index contributed by atoms with van der Waals surface area (Å²) < 4.78 is 17.7. The Kier molecular flexibility index (Phi) is 10.4. The molecule has 7 heteroatoms. The van der Waals surface area contributed by atoms with Crippen molar-refractivity contribution in [3.63, 3.8) is 0 Å². The number of rotatable bonds is 12. The molecule has 2 aromatic carbocycles. The zero-order chi connectivity index (χ0) is 23.0. The number of hydrogen-bond acceptors (Lipinski definition) is 5. The van der Waals surface area contributed by atoms with E-state index in [4.69, 9.17) is 25.8 Å². The third kappa shape index (κ3) is 8.09. The number of aliphatic hydroxyl groups is 2. The number of alkyl halides is 1. The summed E-state index contributed by atoms with van der Waals surface area (Å²) in [6.45, 7) is 8.81. The largest absolute Gasteiger partial charge is 0.491 e. The average molecular weight is 563 g/mol. The van der Waals surface area contributed by atoms with Crippen LogP contribution >= 0.6 is 34.2 Å². The van der Waals surface area contributed by atoms with Crippen LogP contribution in [0.3, 0.4) is 0 Å². The van der Waals surface area contributed by atoms with Crippen molar-refractivity contribution in [2.75, 3.05) is 25.7 Å². The first-order valence-corrected chi connectivity index (χ1v) is 11.9. The van der Waals surface area contributed by atoms with E-state index >= 15 is 0 Å². The van der Waals surface area contributed by atoms with Gasteiger partial charge in [0.25, 0.3) is 0 Å². The van der Waals surface area contributed by atoms with Gasteiger partial charge >= 0.3 is 0 Å². The van der Waals surface area contributed by atoms with E-state index in [9.17, 15) is 10.2 Å².